The molecule has 3 aliphatic rings. The number of hydrogen-bond donors (Lipinski definition) is 2. The molecule has 1 aromatic heterocycles. The maximum atomic E-state index is 13.6. The van der Waals surface area contributed by atoms with Crippen molar-refractivity contribution in [3.63, 3.8) is 0 Å². The van der Waals surface area contributed by atoms with Gasteiger partial charge in [-0.1, -0.05) is 60.7 Å². The third kappa shape index (κ3) is 5.14. The van der Waals surface area contributed by atoms with Crippen molar-refractivity contribution in [3.05, 3.63) is 96.3 Å². The zero-order valence-electron chi connectivity index (χ0n) is 19.9. The molecule has 3 aliphatic heterocycles. The molecule has 3 saturated heterocycles. The predicted molar refractivity (Wildman–Crippen MR) is 131 cm³/mol. The zero-order valence-corrected chi connectivity index (χ0v) is 20.7. The standard InChI is InChI=1S/C28H29N3O4.ClH/c32-26(30-24-12-7-15-29-18-24)20-31-16-13-21(14-17-31)25(19-31)35-27(33)28(34,22-8-3-1-4-9-22)23-10-5-2-6-11-23;/h1-12,15,18,21,25,34H,13-14,16-17,19-20H2;1H/t21?,25-,31?;/m0./s1. The van der Waals surface area contributed by atoms with Crippen LogP contribution in [0.1, 0.15) is 24.0 Å². The summed E-state index contributed by atoms with van der Waals surface area (Å²) in [5.74, 6) is -0.517. The van der Waals surface area contributed by atoms with Crippen molar-refractivity contribution in [3.8, 4) is 0 Å². The fourth-order valence-electron chi connectivity index (χ4n) is 5.50. The molecule has 4 heterocycles. The highest BCUT2D eigenvalue weighted by molar-refractivity contribution is 5.91. The summed E-state index contributed by atoms with van der Waals surface area (Å²) in [6, 6.07) is 21.4. The van der Waals surface area contributed by atoms with Gasteiger partial charge in [-0.2, -0.15) is 0 Å². The van der Waals surface area contributed by atoms with Crippen LogP contribution in [-0.2, 0) is 19.9 Å². The summed E-state index contributed by atoms with van der Waals surface area (Å²) in [6.45, 7) is 2.63. The van der Waals surface area contributed by atoms with E-state index in [1.165, 1.54) is 0 Å². The monoisotopic (exact) mass is 507 g/mol. The Morgan fingerprint density at radius 3 is 2.14 bits per heavy atom. The fraction of sp³-hybridized carbons (Fsp3) is 0.321. The largest absolute Gasteiger partial charge is 1.00 e. The number of esters is 1. The molecule has 0 aliphatic carbocycles. The third-order valence-electron chi connectivity index (χ3n) is 7.40. The first-order valence-electron chi connectivity index (χ1n) is 12.1. The number of pyridine rings is 1. The molecule has 7 nitrogen and oxygen atoms in total. The van der Waals surface area contributed by atoms with E-state index in [9.17, 15) is 14.7 Å². The highest BCUT2D eigenvalue weighted by Crippen LogP contribution is 2.38. The third-order valence-corrected chi connectivity index (χ3v) is 7.40. The number of aromatic nitrogens is 1. The molecule has 0 saturated carbocycles. The summed E-state index contributed by atoms with van der Waals surface area (Å²) in [5, 5.41) is 14.7. The highest BCUT2D eigenvalue weighted by Gasteiger charge is 2.51. The second-order valence-electron chi connectivity index (χ2n) is 9.64. The van der Waals surface area contributed by atoms with Gasteiger partial charge in [0, 0.05) is 25.0 Å². The van der Waals surface area contributed by atoms with E-state index < -0.39 is 11.6 Å². The number of nitrogens with zero attached hydrogens (tertiary/aromatic N) is 2. The Balaban J connectivity index is 0.00000304. The number of amides is 1. The highest BCUT2D eigenvalue weighted by atomic mass is 35.5. The first-order chi connectivity index (χ1) is 17.0. The van der Waals surface area contributed by atoms with Crippen molar-refractivity contribution in [2.24, 2.45) is 5.92 Å². The number of benzene rings is 2. The van der Waals surface area contributed by atoms with Crippen LogP contribution in [0.3, 0.4) is 0 Å². The van der Waals surface area contributed by atoms with Crippen molar-refractivity contribution in [2.45, 2.75) is 24.5 Å². The minimum Gasteiger partial charge on any atom is -1.00 e. The first-order valence-corrected chi connectivity index (χ1v) is 12.1. The number of nitrogens with one attached hydrogen (secondary N) is 1. The second kappa shape index (κ2) is 10.8. The molecule has 188 valence electrons. The molecular formula is C28H30ClN3O4. The van der Waals surface area contributed by atoms with Crippen LogP contribution in [-0.4, -0.2) is 58.7 Å². The van der Waals surface area contributed by atoms with Gasteiger partial charge in [-0.25, -0.2) is 4.79 Å². The Morgan fingerprint density at radius 1 is 0.972 bits per heavy atom. The molecule has 2 bridgehead atoms. The van der Waals surface area contributed by atoms with Gasteiger partial charge in [0.1, 0.15) is 6.54 Å². The predicted octanol–water partition coefficient (Wildman–Crippen LogP) is 0.112. The van der Waals surface area contributed by atoms with E-state index in [1.807, 2.05) is 18.2 Å². The van der Waals surface area contributed by atoms with Gasteiger partial charge in [0.2, 0.25) is 5.60 Å². The lowest BCUT2D eigenvalue weighted by molar-refractivity contribution is -0.939. The van der Waals surface area contributed by atoms with Crippen molar-refractivity contribution in [1.29, 1.82) is 0 Å². The van der Waals surface area contributed by atoms with Gasteiger partial charge in [-0.3, -0.25) is 9.78 Å². The molecule has 1 atom stereocenters. The number of carbonyl (C=O) groups excluding carboxylic acids is 2. The normalized spacial score (nSPS) is 22.8. The average molecular weight is 508 g/mol. The van der Waals surface area contributed by atoms with Gasteiger partial charge in [-0.15, -0.1) is 0 Å². The van der Waals surface area contributed by atoms with Crippen molar-refractivity contribution < 1.29 is 36.3 Å². The van der Waals surface area contributed by atoms with Crippen LogP contribution in [0.15, 0.2) is 85.2 Å². The van der Waals surface area contributed by atoms with Crippen LogP contribution in [0, 0.1) is 5.92 Å². The molecule has 6 rings (SSSR count). The Bertz CT molecular complexity index is 1130. The number of quaternary nitrogens is 1. The van der Waals surface area contributed by atoms with Crippen molar-refractivity contribution in [1.82, 2.24) is 4.98 Å². The van der Waals surface area contributed by atoms with Gasteiger partial charge >= 0.3 is 5.97 Å². The zero-order chi connectivity index (χ0) is 24.3. The van der Waals surface area contributed by atoms with Crippen LogP contribution in [0.5, 0.6) is 0 Å². The van der Waals surface area contributed by atoms with Crippen molar-refractivity contribution >= 4 is 17.6 Å². The topological polar surface area (TPSA) is 88.5 Å². The number of ether oxygens (including phenoxy) is 1. The summed E-state index contributed by atoms with van der Waals surface area (Å²) in [4.78, 5) is 30.5. The number of anilines is 1. The van der Waals surface area contributed by atoms with E-state index in [1.54, 1.807) is 67.0 Å². The van der Waals surface area contributed by atoms with Gasteiger partial charge in [0.15, 0.2) is 12.6 Å². The number of aliphatic hydroxyl groups is 1. The molecular weight excluding hydrogens is 478 g/mol. The maximum absolute atomic E-state index is 13.6. The Morgan fingerprint density at radius 2 is 1.58 bits per heavy atom. The Hall–Kier alpha value is -3.26. The lowest BCUT2D eigenvalue weighted by Gasteiger charge is -2.51. The molecule has 8 heteroatoms. The van der Waals surface area contributed by atoms with E-state index in [-0.39, 0.29) is 30.3 Å². The summed E-state index contributed by atoms with van der Waals surface area (Å²) in [6.07, 6.45) is 4.70. The molecule has 0 radical (unpaired) electrons. The Kier molecular flexibility index (Phi) is 7.73. The molecule has 0 unspecified atom stereocenters. The molecule has 1 amide bonds. The average Bonchev–Trinajstić information content (AvgIpc) is 2.90. The van der Waals surface area contributed by atoms with Gasteiger partial charge in [0.25, 0.3) is 5.91 Å². The van der Waals surface area contributed by atoms with E-state index in [2.05, 4.69) is 10.3 Å². The fourth-order valence-corrected chi connectivity index (χ4v) is 5.50. The van der Waals surface area contributed by atoms with E-state index in [0.717, 1.165) is 25.9 Å². The summed E-state index contributed by atoms with van der Waals surface area (Å²) in [7, 11) is 0. The SMILES string of the molecule is O=C(C[N+]12CCC(CC1)[C@@H](OC(=O)C(O)(c1ccccc1)c1ccccc1)C2)Nc1cccnc1.[Cl-]. The van der Waals surface area contributed by atoms with Gasteiger partial charge in [-0.05, 0) is 23.3 Å². The number of halogens is 1. The molecule has 2 N–H and O–H groups in total. The van der Waals surface area contributed by atoms with E-state index in [4.69, 9.17) is 4.74 Å². The van der Waals surface area contributed by atoms with Crippen LogP contribution in [0.2, 0.25) is 0 Å². The summed E-state index contributed by atoms with van der Waals surface area (Å²) < 4.78 is 6.66. The summed E-state index contributed by atoms with van der Waals surface area (Å²) >= 11 is 0. The van der Waals surface area contributed by atoms with Crippen molar-refractivity contribution in [2.75, 3.05) is 31.5 Å². The lowest BCUT2D eigenvalue weighted by Crippen LogP contribution is -3.00. The molecule has 2 aromatic carbocycles. The van der Waals surface area contributed by atoms with Crippen LogP contribution >= 0.6 is 0 Å². The van der Waals surface area contributed by atoms with Gasteiger partial charge < -0.3 is 32.1 Å². The van der Waals surface area contributed by atoms with Crippen LogP contribution < -0.4 is 17.7 Å². The van der Waals surface area contributed by atoms with E-state index in [0.29, 0.717) is 34.4 Å². The quantitative estimate of drug-likeness (QED) is 0.350. The minimum absolute atomic E-state index is 0. The number of piperidine rings is 3. The number of rotatable bonds is 7. The first kappa shape index (κ1) is 25.8. The molecule has 0 spiro atoms. The van der Waals surface area contributed by atoms with Crippen LogP contribution in [0.4, 0.5) is 5.69 Å². The lowest BCUT2D eigenvalue weighted by atomic mass is 9.82. The molecule has 36 heavy (non-hydrogen) atoms. The van der Waals surface area contributed by atoms with Crippen LogP contribution in [0.25, 0.3) is 0 Å². The minimum atomic E-state index is -1.91. The number of fused-ring (bicyclic) bond motifs is 3. The number of hydrogen-bond acceptors (Lipinski definition) is 5. The van der Waals surface area contributed by atoms with E-state index >= 15 is 0 Å². The second-order valence-corrected chi connectivity index (χ2v) is 9.64. The van der Waals surface area contributed by atoms with Gasteiger partial charge in [0.05, 0.1) is 25.0 Å². The smallest absolute Gasteiger partial charge is 0.348 e. The number of carbonyl (C=O) groups is 2. The molecule has 3 fully saturated rings. The maximum Gasteiger partial charge on any atom is 0.348 e. The summed E-state index contributed by atoms with van der Waals surface area (Å²) in [5.41, 5.74) is -0.298. The Labute approximate surface area is 217 Å². The molecule has 3 aromatic rings.